The molecule has 5 rings (SSSR count). The summed E-state index contributed by atoms with van der Waals surface area (Å²) in [6, 6.07) is 41.6. The fourth-order valence-electron chi connectivity index (χ4n) is 4.31. The third-order valence-electron chi connectivity index (χ3n) is 6.35. The molecule has 4 aromatic carbocycles. The Bertz CT molecular complexity index is 1340. The molecule has 0 fully saturated rings. The molecule has 0 saturated carbocycles. The number of rotatable bonds is 6. The van der Waals surface area contributed by atoms with Gasteiger partial charge in [0.25, 0.3) is 0 Å². The smallest absolute Gasteiger partial charge is 0.0955 e. The van der Waals surface area contributed by atoms with Gasteiger partial charge in [0.1, 0.15) is 0 Å². The molecule has 0 unspecified atom stereocenters. The van der Waals surface area contributed by atoms with Crippen LogP contribution in [0.4, 0.5) is 0 Å². The molecule has 2 heteroatoms. The van der Waals surface area contributed by atoms with E-state index >= 15 is 0 Å². The Morgan fingerprint density at radius 3 is 1.71 bits per heavy atom. The van der Waals surface area contributed by atoms with Crippen molar-refractivity contribution in [2.45, 2.75) is 40.0 Å². The minimum Gasteiger partial charge on any atom is -0.272 e. The van der Waals surface area contributed by atoms with E-state index < -0.39 is 0 Å². The first-order valence-electron chi connectivity index (χ1n) is 13.4. The molecule has 0 amide bonds. The molecule has 0 spiro atoms. The second-order valence-corrected chi connectivity index (χ2v) is 9.44. The average molecular weight is 501 g/mol. The molecule has 0 radical (unpaired) electrons. The highest BCUT2D eigenvalue weighted by Crippen LogP contribution is 2.24. The van der Waals surface area contributed by atoms with Gasteiger partial charge >= 0.3 is 0 Å². The Balaban J connectivity index is 0.000000174. The van der Waals surface area contributed by atoms with Crippen LogP contribution in [0.3, 0.4) is 0 Å². The lowest BCUT2D eigenvalue weighted by molar-refractivity contribution is 0.718. The van der Waals surface area contributed by atoms with Crippen LogP contribution in [-0.2, 0) is 19.9 Å². The summed E-state index contributed by atoms with van der Waals surface area (Å²) in [7, 11) is 2.01. The van der Waals surface area contributed by atoms with Gasteiger partial charge in [-0.25, -0.2) is 0 Å². The first-order chi connectivity index (χ1) is 18.5. The van der Waals surface area contributed by atoms with Gasteiger partial charge in [-0.15, -0.1) is 6.58 Å². The predicted molar refractivity (Wildman–Crippen MR) is 164 cm³/mol. The van der Waals surface area contributed by atoms with E-state index in [0.29, 0.717) is 0 Å². The molecule has 1 heterocycles. The highest BCUT2D eigenvalue weighted by atomic mass is 15.3. The van der Waals surface area contributed by atoms with E-state index in [1.807, 2.05) is 54.2 Å². The molecule has 0 aliphatic heterocycles. The number of aryl methyl sites for hydroxylation is 2. The standard InChI is InChI=1S/C17H18.C13H16N2.C6H6/c1-14(2)11-12-15-7-6-10-17(13-15)16-8-4-3-5-9-16;1-4-12-10(2)13(14-15(12)3)11-8-6-5-7-9-11;1-2-4-6-5-3-1/h3-10,13H,1,11-12H2,2H3;5-9H,4H2,1-3H3;1-6H. The maximum Gasteiger partial charge on any atom is 0.0955 e. The predicted octanol–water partition coefficient (Wildman–Crippen LogP) is 9.51. The van der Waals surface area contributed by atoms with Crippen LogP contribution >= 0.6 is 0 Å². The summed E-state index contributed by atoms with van der Waals surface area (Å²) in [4.78, 5) is 0. The van der Waals surface area contributed by atoms with Crippen molar-refractivity contribution in [1.29, 1.82) is 0 Å². The molecule has 0 atom stereocenters. The number of aromatic nitrogens is 2. The minimum atomic E-state index is 1.03. The second kappa shape index (κ2) is 15.2. The highest BCUT2D eigenvalue weighted by Gasteiger charge is 2.11. The second-order valence-electron chi connectivity index (χ2n) is 9.44. The zero-order chi connectivity index (χ0) is 27.2. The summed E-state index contributed by atoms with van der Waals surface area (Å²) in [5, 5.41) is 4.57. The number of benzene rings is 4. The van der Waals surface area contributed by atoms with Gasteiger partial charge < -0.3 is 0 Å². The van der Waals surface area contributed by atoms with E-state index in [0.717, 1.165) is 25.0 Å². The van der Waals surface area contributed by atoms with Crippen molar-refractivity contribution in [1.82, 2.24) is 9.78 Å². The topological polar surface area (TPSA) is 17.8 Å². The van der Waals surface area contributed by atoms with Crippen LogP contribution in [0.15, 0.2) is 133 Å². The number of hydrogen-bond donors (Lipinski definition) is 0. The average Bonchev–Trinajstić information content (AvgIpc) is 3.27. The van der Waals surface area contributed by atoms with Crippen LogP contribution < -0.4 is 0 Å². The highest BCUT2D eigenvalue weighted by molar-refractivity contribution is 5.64. The van der Waals surface area contributed by atoms with Crippen molar-refractivity contribution >= 4 is 0 Å². The Kier molecular flexibility index (Phi) is 11.3. The van der Waals surface area contributed by atoms with Crippen molar-refractivity contribution in [3.8, 4) is 22.4 Å². The van der Waals surface area contributed by atoms with E-state index in [-0.39, 0.29) is 0 Å². The molecule has 2 nitrogen and oxygen atoms in total. The Labute approximate surface area is 229 Å². The molecule has 5 aromatic rings. The van der Waals surface area contributed by atoms with Gasteiger partial charge in [0.2, 0.25) is 0 Å². The monoisotopic (exact) mass is 500 g/mol. The van der Waals surface area contributed by atoms with Crippen molar-refractivity contribution in [2.24, 2.45) is 7.05 Å². The molecule has 0 aliphatic carbocycles. The van der Waals surface area contributed by atoms with Gasteiger partial charge in [0, 0.05) is 18.3 Å². The van der Waals surface area contributed by atoms with Crippen molar-refractivity contribution < 1.29 is 0 Å². The van der Waals surface area contributed by atoms with E-state index in [1.54, 1.807) is 0 Å². The van der Waals surface area contributed by atoms with Crippen LogP contribution in [0.5, 0.6) is 0 Å². The van der Waals surface area contributed by atoms with Crippen molar-refractivity contribution in [3.05, 3.63) is 150 Å². The first kappa shape index (κ1) is 28.4. The quantitative estimate of drug-likeness (QED) is 0.212. The van der Waals surface area contributed by atoms with Crippen molar-refractivity contribution in [3.63, 3.8) is 0 Å². The summed E-state index contributed by atoms with van der Waals surface area (Å²) in [6.07, 6.45) is 3.18. The Morgan fingerprint density at radius 2 is 1.21 bits per heavy atom. The number of hydrogen-bond acceptors (Lipinski definition) is 1. The number of nitrogens with zero attached hydrogens (tertiary/aromatic N) is 2. The maximum atomic E-state index is 4.57. The molecule has 0 saturated heterocycles. The van der Waals surface area contributed by atoms with E-state index in [1.165, 1.54) is 39.1 Å². The molecule has 1 aromatic heterocycles. The van der Waals surface area contributed by atoms with Crippen LogP contribution in [0.2, 0.25) is 0 Å². The molecular weight excluding hydrogens is 460 g/mol. The summed E-state index contributed by atoms with van der Waals surface area (Å²) in [5.41, 5.74) is 10.1. The van der Waals surface area contributed by atoms with Gasteiger partial charge in [-0.05, 0) is 55.4 Å². The molecule has 38 heavy (non-hydrogen) atoms. The van der Waals surface area contributed by atoms with E-state index in [9.17, 15) is 0 Å². The first-order valence-corrected chi connectivity index (χ1v) is 13.4. The summed E-state index contributed by atoms with van der Waals surface area (Å²) >= 11 is 0. The maximum absolute atomic E-state index is 4.57. The molecule has 0 bridgehead atoms. The summed E-state index contributed by atoms with van der Waals surface area (Å²) in [6.45, 7) is 10.3. The normalized spacial score (nSPS) is 10.0. The van der Waals surface area contributed by atoms with Crippen LogP contribution in [0.1, 0.15) is 37.1 Å². The number of allylic oxidation sites excluding steroid dienone is 1. The van der Waals surface area contributed by atoms with Gasteiger partial charge in [0.05, 0.1) is 5.69 Å². The van der Waals surface area contributed by atoms with E-state index in [2.05, 4.69) is 111 Å². The fourth-order valence-corrected chi connectivity index (χ4v) is 4.31. The van der Waals surface area contributed by atoms with Crippen LogP contribution in [-0.4, -0.2) is 9.78 Å². The Morgan fingerprint density at radius 1 is 0.711 bits per heavy atom. The molecular formula is C36H40N2. The lowest BCUT2D eigenvalue weighted by Gasteiger charge is -2.05. The van der Waals surface area contributed by atoms with Gasteiger partial charge in [-0.1, -0.05) is 134 Å². The molecule has 0 aliphatic rings. The van der Waals surface area contributed by atoms with Crippen LogP contribution in [0, 0.1) is 6.92 Å². The van der Waals surface area contributed by atoms with E-state index in [4.69, 9.17) is 0 Å². The third kappa shape index (κ3) is 8.74. The fraction of sp³-hybridized carbons (Fsp3) is 0.194. The summed E-state index contributed by atoms with van der Waals surface area (Å²) < 4.78 is 1.98. The van der Waals surface area contributed by atoms with Crippen LogP contribution in [0.25, 0.3) is 22.4 Å². The lowest BCUT2D eigenvalue weighted by atomic mass is 10.00. The largest absolute Gasteiger partial charge is 0.272 e. The third-order valence-corrected chi connectivity index (χ3v) is 6.35. The molecule has 0 N–H and O–H groups in total. The van der Waals surface area contributed by atoms with Gasteiger partial charge in [-0.3, -0.25) is 4.68 Å². The van der Waals surface area contributed by atoms with Gasteiger partial charge in [0.15, 0.2) is 0 Å². The Hall–Kier alpha value is -4.17. The SMILES string of the molecule is C=C(C)CCc1cccc(-c2ccccc2)c1.CCc1c(C)c(-c2ccccc2)nn1C.c1ccccc1. The lowest BCUT2D eigenvalue weighted by Crippen LogP contribution is -1.96. The van der Waals surface area contributed by atoms with Crippen molar-refractivity contribution in [2.75, 3.05) is 0 Å². The van der Waals surface area contributed by atoms with Gasteiger partial charge in [-0.2, -0.15) is 5.10 Å². The molecule has 194 valence electrons. The zero-order valence-electron chi connectivity index (χ0n) is 23.3. The summed E-state index contributed by atoms with van der Waals surface area (Å²) in [5.74, 6) is 0. The minimum absolute atomic E-state index is 1.03. The zero-order valence-corrected chi connectivity index (χ0v) is 23.3.